The molecular weight excluding hydrogens is 242 g/mol. The highest BCUT2D eigenvalue weighted by atomic mass is 16.5. The maximum atomic E-state index is 12.1. The summed E-state index contributed by atoms with van der Waals surface area (Å²) in [6.45, 7) is 0. The van der Waals surface area contributed by atoms with Crippen LogP contribution in [-0.4, -0.2) is 24.0 Å². The first kappa shape index (κ1) is 10.8. The Morgan fingerprint density at radius 3 is 2.53 bits per heavy atom. The van der Waals surface area contributed by atoms with Crippen LogP contribution in [0.4, 0.5) is 0 Å². The topological polar surface area (TPSA) is 55.4 Å². The van der Waals surface area contributed by atoms with Crippen LogP contribution in [0.2, 0.25) is 0 Å². The summed E-state index contributed by atoms with van der Waals surface area (Å²) in [6.07, 6.45) is 3.89. The second-order valence-electron chi connectivity index (χ2n) is 5.34. The number of carbonyl (C=O) groups excluding carboxylic acids is 2. The van der Waals surface area contributed by atoms with Crippen LogP contribution in [0.15, 0.2) is 42.5 Å². The SMILES string of the molecule is O=C(OC1C2C=CC1C1C(=O)NC21)c1ccccc1. The van der Waals surface area contributed by atoms with Crippen molar-refractivity contribution in [1.29, 1.82) is 0 Å². The molecule has 5 atom stereocenters. The summed E-state index contributed by atoms with van der Waals surface area (Å²) < 4.78 is 5.62. The third-order valence-corrected chi connectivity index (χ3v) is 4.39. The Bertz CT molecular complexity index is 580. The number of ether oxygens (including phenoxy) is 1. The van der Waals surface area contributed by atoms with Gasteiger partial charge in [-0.3, -0.25) is 4.79 Å². The van der Waals surface area contributed by atoms with Crippen LogP contribution >= 0.6 is 0 Å². The van der Waals surface area contributed by atoms with E-state index in [0.29, 0.717) is 5.56 Å². The van der Waals surface area contributed by atoms with Crippen molar-refractivity contribution in [3.05, 3.63) is 48.0 Å². The summed E-state index contributed by atoms with van der Waals surface area (Å²) in [5.74, 6) is -0.0268. The van der Waals surface area contributed by atoms with E-state index in [2.05, 4.69) is 11.4 Å². The third kappa shape index (κ3) is 1.40. The van der Waals surface area contributed by atoms with Gasteiger partial charge in [0.15, 0.2) is 0 Å². The fourth-order valence-electron chi connectivity index (χ4n) is 3.47. The zero-order chi connectivity index (χ0) is 13.0. The fourth-order valence-corrected chi connectivity index (χ4v) is 3.47. The Morgan fingerprint density at radius 2 is 1.84 bits per heavy atom. The van der Waals surface area contributed by atoms with Crippen molar-refractivity contribution in [1.82, 2.24) is 5.32 Å². The molecule has 0 radical (unpaired) electrons. The standard InChI is InChI=1S/C15H13NO3/c17-14-11-9-6-7-10(12(11)16-14)13(9)19-15(18)8-4-2-1-3-5-8/h1-7,9-13H,(H,16,17). The summed E-state index contributed by atoms with van der Waals surface area (Å²) in [5, 5.41) is 2.90. The number of rotatable bonds is 2. The molecule has 1 heterocycles. The highest BCUT2D eigenvalue weighted by molar-refractivity contribution is 5.90. The minimum atomic E-state index is -0.307. The van der Waals surface area contributed by atoms with Gasteiger partial charge < -0.3 is 10.1 Å². The summed E-state index contributed by atoms with van der Waals surface area (Å²) in [5.41, 5.74) is 0.556. The van der Waals surface area contributed by atoms with Gasteiger partial charge in [0.25, 0.3) is 0 Å². The normalized spacial score (nSPS) is 37.5. The van der Waals surface area contributed by atoms with E-state index >= 15 is 0 Å². The molecule has 0 spiro atoms. The highest BCUT2D eigenvalue weighted by Gasteiger charge is 2.62. The number of carbonyl (C=O) groups is 2. The first-order valence-electron chi connectivity index (χ1n) is 6.50. The first-order valence-corrected chi connectivity index (χ1v) is 6.50. The van der Waals surface area contributed by atoms with Crippen LogP contribution in [0.5, 0.6) is 0 Å². The lowest BCUT2D eigenvalue weighted by molar-refractivity contribution is -0.135. The van der Waals surface area contributed by atoms with Gasteiger partial charge in [-0.15, -0.1) is 0 Å². The van der Waals surface area contributed by atoms with Crippen molar-refractivity contribution >= 4 is 11.9 Å². The van der Waals surface area contributed by atoms with E-state index < -0.39 is 0 Å². The van der Waals surface area contributed by atoms with Crippen molar-refractivity contribution in [3.63, 3.8) is 0 Å². The van der Waals surface area contributed by atoms with Gasteiger partial charge >= 0.3 is 5.97 Å². The van der Waals surface area contributed by atoms with Crippen LogP contribution in [0.3, 0.4) is 0 Å². The van der Waals surface area contributed by atoms with Gasteiger partial charge in [-0.1, -0.05) is 30.4 Å². The molecule has 2 fully saturated rings. The molecule has 4 rings (SSSR count). The Balaban J connectivity index is 1.53. The fraction of sp³-hybridized carbons (Fsp3) is 0.333. The average molecular weight is 255 g/mol. The molecule has 19 heavy (non-hydrogen) atoms. The van der Waals surface area contributed by atoms with E-state index in [9.17, 15) is 9.59 Å². The van der Waals surface area contributed by atoms with Crippen molar-refractivity contribution in [2.24, 2.45) is 17.8 Å². The monoisotopic (exact) mass is 255 g/mol. The maximum Gasteiger partial charge on any atom is 0.338 e. The number of esters is 1. The summed E-state index contributed by atoms with van der Waals surface area (Å²) in [4.78, 5) is 23.6. The maximum absolute atomic E-state index is 12.1. The largest absolute Gasteiger partial charge is 0.457 e. The quantitative estimate of drug-likeness (QED) is 0.490. The zero-order valence-corrected chi connectivity index (χ0v) is 10.2. The van der Waals surface area contributed by atoms with E-state index in [4.69, 9.17) is 4.74 Å². The van der Waals surface area contributed by atoms with Crippen molar-refractivity contribution in [2.75, 3.05) is 0 Å². The number of nitrogens with one attached hydrogen (secondary N) is 1. The predicted octanol–water partition coefficient (Wildman–Crippen LogP) is 1.14. The number of fused-ring (bicyclic) bond motifs is 5. The number of hydrogen-bond donors (Lipinski definition) is 1. The molecule has 1 saturated carbocycles. The lowest BCUT2D eigenvalue weighted by atomic mass is 9.82. The van der Waals surface area contributed by atoms with Gasteiger partial charge in [-0.05, 0) is 12.1 Å². The average Bonchev–Trinajstić information content (AvgIpc) is 2.90. The summed E-state index contributed by atoms with van der Waals surface area (Å²) in [7, 11) is 0. The molecule has 1 saturated heterocycles. The smallest absolute Gasteiger partial charge is 0.338 e. The number of hydrogen-bond acceptors (Lipinski definition) is 3. The Labute approximate surface area is 110 Å². The third-order valence-electron chi connectivity index (χ3n) is 4.39. The van der Waals surface area contributed by atoms with E-state index in [-0.39, 0.29) is 41.8 Å². The van der Waals surface area contributed by atoms with Gasteiger partial charge in [0.2, 0.25) is 5.91 Å². The lowest BCUT2D eigenvalue weighted by Crippen LogP contribution is -2.59. The highest BCUT2D eigenvalue weighted by Crippen LogP contribution is 2.49. The molecule has 96 valence electrons. The molecule has 4 nitrogen and oxygen atoms in total. The molecule has 4 heteroatoms. The second-order valence-corrected chi connectivity index (χ2v) is 5.34. The molecule has 1 aromatic carbocycles. The minimum Gasteiger partial charge on any atom is -0.457 e. The van der Waals surface area contributed by atoms with Crippen molar-refractivity contribution in [3.8, 4) is 0 Å². The second kappa shape index (κ2) is 3.70. The van der Waals surface area contributed by atoms with Crippen molar-refractivity contribution < 1.29 is 14.3 Å². The molecule has 2 aliphatic carbocycles. The number of amides is 1. The van der Waals surface area contributed by atoms with Crippen LogP contribution in [0.25, 0.3) is 0 Å². The molecule has 1 N–H and O–H groups in total. The van der Waals surface area contributed by atoms with Gasteiger partial charge in [-0.2, -0.15) is 0 Å². The van der Waals surface area contributed by atoms with E-state index in [1.54, 1.807) is 12.1 Å². The van der Waals surface area contributed by atoms with Crippen LogP contribution in [0, 0.1) is 17.8 Å². The first-order chi connectivity index (χ1) is 9.25. The van der Waals surface area contributed by atoms with Gasteiger partial charge in [0.05, 0.1) is 17.5 Å². The molecule has 1 amide bonds. The number of benzene rings is 1. The van der Waals surface area contributed by atoms with Crippen LogP contribution in [-0.2, 0) is 9.53 Å². The van der Waals surface area contributed by atoms with Crippen molar-refractivity contribution in [2.45, 2.75) is 12.1 Å². The van der Waals surface area contributed by atoms with E-state index in [1.807, 2.05) is 24.3 Å². The van der Waals surface area contributed by atoms with Crippen LogP contribution in [0.1, 0.15) is 10.4 Å². The lowest BCUT2D eigenvalue weighted by Gasteiger charge is -2.36. The minimum absolute atomic E-state index is 0.00331. The molecule has 3 aliphatic rings. The molecular formula is C15H13NO3. The molecule has 0 aromatic heterocycles. The summed E-state index contributed by atoms with van der Waals surface area (Å²) in [6, 6.07) is 9.13. The summed E-state index contributed by atoms with van der Waals surface area (Å²) >= 11 is 0. The molecule has 2 bridgehead atoms. The molecule has 1 aromatic rings. The predicted molar refractivity (Wildman–Crippen MR) is 67.2 cm³/mol. The Hall–Kier alpha value is -2.10. The van der Waals surface area contributed by atoms with E-state index in [0.717, 1.165) is 0 Å². The molecule has 1 aliphatic heterocycles. The van der Waals surface area contributed by atoms with Gasteiger partial charge in [-0.25, -0.2) is 4.79 Å². The van der Waals surface area contributed by atoms with Crippen LogP contribution < -0.4 is 5.32 Å². The van der Waals surface area contributed by atoms with Gasteiger partial charge in [0.1, 0.15) is 6.10 Å². The van der Waals surface area contributed by atoms with Gasteiger partial charge in [0, 0.05) is 11.8 Å². The Morgan fingerprint density at radius 1 is 1.11 bits per heavy atom. The Kier molecular flexibility index (Phi) is 2.10. The van der Waals surface area contributed by atoms with E-state index in [1.165, 1.54) is 0 Å². The molecule has 5 unspecified atom stereocenters. The number of β-lactam (4-membered cyclic amide) rings is 1. The zero-order valence-electron chi connectivity index (χ0n) is 10.2.